The van der Waals surface area contributed by atoms with Crippen LogP contribution in [0.15, 0.2) is 64.4 Å². The number of ether oxygens (including phenoxy) is 1. The highest BCUT2D eigenvalue weighted by atomic mass is 35.5. The van der Waals surface area contributed by atoms with Crippen molar-refractivity contribution in [3.63, 3.8) is 0 Å². The minimum Gasteiger partial charge on any atom is -0.494 e. The van der Waals surface area contributed by atoms with Crippen LogP contribution in [0.2, 0.25) is 5.02 Å². The average molecular weight is 686 g/mol. The summed E-state index contributed by atoms with van der Waals surface area (Å²) in [6.45, 7) is 11.8. The van der Waals surface area contributed by atoms with Crippen molar-refractivity contribution in [2.75, 3.05) is 19.7 Å². The summed E-state index contributed by atoms with van der Waals surface area (Å²) in [4.78, 5) is 13.3. The lowest BCUT2D eigenvalue weighted by Gasteiger charge is -2.30. The molecule has 1 aliphatic heterocycles. The lowest BCUT2D eigenvalue weighted by atomic mass is 10.0. The number of rotatable bonds is 10. The number of hydrogen-bond acceptors (Lipinski definition) is 6. The van der Waals surface area contributed by atoms with Crippen molar-refractivity contribution >= 4 is 48.5 Å². The van der Waals surface area contributed by atoms with Crippen LogP contribution in [0.3, 0.4) is 0 Å². The molecule has 1 fully saturated rings. The zero-order chi connectivity index (χ0) is 33.4. The van der Waals surface area contributed by atoms with Gasteiger partial charge in [0, 0.05) is 41.3 Å². The molecular weight excluding hydrogens is 646 g/mol. The van der Waals surface area contributed by atoms with Crippen LogP contribution < -0.4 is 9.46 Å². The average Bonchev–Trinajstić information content (AvgIpc) is 3.26. The Morgan fingerprint density at radius 2 is 1.63 bits per heavy atom. The van der Waals surface area contributed by atoms with Gasteiger partial charge in [0.05, 0.1) is 22.0 Å². The van der Waals surface area contributed by atoms with Crippen molar-refractivity contribution in [2.24, 2.45) is 5.92 Å². The molecule has 1 amide bonds. The predicted octanol–water partition coefficient (Wildman–Crippen LogP) is 6.54. The Labute approximate surface area is 276 Å². The second-order valence-electron chi connectivity index (χ2n) is 12.2. The van der Waals surface area contributed by atoms with Gasteiger partial charge in [-0.15, -0.1) is 0 Å². The Balaban J connectivity index is 1.30. The second-order valence-corrected chi connectivity index (χ2v) is 16.1. The standard InChI is InChI=1S/C34H40ClN3O6S2/c1-22-9-7-16-37(21-22)46(42,43)29-14-12-28(13-15-29)45(40,41)36-34(39)30-10-6-11-31-32(30)25(4)26(5)38(31)17-8-18-44-27-19-23(2)33(35)24(3)20-27/h6,10-15,19-20,22H,7-9,16-18,21H2,1-5H3,(H,36,39)/t22-/m0/s1. The summed E-state index contributed by atoms with van der Waals surface area (Å²) in [5.41, 5.74) is 4.82. The fourth-order valence-corrected chi connectivity index (χ4v) is 8.82. The summed E-state index contributed by atoms with van der Waals surface area (Å²) in [7, 11) is -8.03. The van der Waals surface area contributed by atoms with E-state index in [0.29, 0.717) is 38.0 Å². The summed E-state index contributed by atoms with van der Waals surface area (Å²) in [5.74, 6) is 0.259. The zero-order valence-electron chi connectivity index (χ0n) is 26.8. The van der Waals surface area contributed by atoms with Gasteiger partial charge in [0.1, 0.15) is 5.75 Å². The first kappa shape index (κ1) is 34.0. The van der Waals surface area contributed by atoms with Gasteiger partial charge in [0.25, 0.3) is 15.9 Å². The minimum atomic E-state index is -4.28. The molecule has 0 bridgehead atoms. The first-order valence-corrected chi connectivity index (χ1v) is 18.7. The number of amides is 1. The van der Waals surface area contributed by atoms with Crippen molar-refractivity contribution in [1.29, 1.82) is 0 Å². The molecule has 5 rings (SSSR count). The van der Waals surface area contributed by atoms with E-state index in [4.69, 9.17) is 16.3 Å². The van der Waals surface area contributed by atoms with E-state index >= 15 is 0 Å². The van der Waals surface area contributed by atoms with Crippen molar-refractivity contribution < 1.29 is 26.4 Å². The summed E-state index contributed by atoms with van der Waals surface area (Å²) in [6.07, 6.45) is 2.46. The predicted molar refractivity (Wildman–Crippen MR) is 181 cm³/mol. The molecule has 1 N–H and O–H groups in total. The lowest BCUT2D eigenvalue weighted by molar-refractivity contribution is 0.0983. The molecule has 1 atom stereocenters. The number of aryl methyl sites for hydroxylation is 4. The van der Waals surface area contributed by atoms with Gasteiger partial charge in [-0.2, -0.15) is 4.31 Å². The Kier molecular flexibility index (Phi) is 9.89. The van der Waals surface area contributed by atoms with E-state index in [1.807, 2.05) is 52.8 Å². The maximum atomic E-state index is 13.4. The van der Waals surface area contributed by atoms with E-state index in [-0.39, 0.29) is 21.3 Å². The van der Waals surface area contributed by atoms with E-state index < -0.39 is 26.0 Å². The number of nitrogens with zero attached hydrogens (tertiary/aromatic N) is 2. The number of benzene rings is 3. The summed E-state index contributed by atoms with van der Waals surface area (Å²) < 4.78 is 64.5. The van der Waals surface area contributed by atoms with Crippen LogP contribution in [0.1, 0.15) is 58.9 Å². The number of sulfonamides is 2. The summed E-state index contributed by atoms with van der Waals surface area (Å²) >= 11 is 6.27. The molecule has 9 nitrogen and oxygen atoms in total. The highest BCUT2D eigenvalue weighted by molar-refractivity contribution is 7.90. The Bertz CT molecular complexity index is 1980. The molecule has 1 aromatic heterocycles. The van der Waals surface area contributed by atoms with E-state index in [1.165, 1.54) is 28.6 Å². The molecule has 3 aromatic carbocycles. The van der Waals surface area contributed by atoms with E-state index in [0.717, 1.165) is 51.5 Å². The zero-order valence-corrected chi connectivity index (χ0v) is 29.2. The Hall–Kier alpha value is -3.38. The molecule has 246 valence electrons. The molecule has 0 unspecified atom stereocenters. The molecule has 12 heteroatoms. The van der Waals surface area contributed by atoms with Crippen LogP contribution in [0, 0.1) is 33.6 Å². The van der Waals surface area contributed by atoms with Crippen LogP contribution in [0.4, 0.5) is 0 Å². The first-order chi connectivity index (χ1) is 21.7. The van der Waals surface area contributed by atoms with Gasteiger partial charge in [0.2, 0.25) is 10.0 Å². The van der Waals surface area contributed by atoms with Crippen LogP contribution in [-0.4, -0.2) is 51.3 Å². The number of carbonyl (C=O) groups excluding carboxylic acids is 1. The van der Waals surface area contributed by atoms with Crippen LogP contribution in [-0.2, 0) is 26.6 Å². The number of hydrogen-bond donors (Lipinski definition) is 1. The van der Waals surface area contributed by atoms with Crippen LogP contribution in [0.5, 0.6) is 5.75 Å². The normalized spacial score (nSPS) is 16.1. The maximum Gasteiger partial charge on any atom is 0.265 e. The smallest absolute Gasteiger partial charge is 0.265 e. The first-order valence-electron chi connectivity index (χ1n) is 15.4. The van der Waals surface area contributed by atoms with Gasteiger partial charge < -0.3 is 9.30 Å². The number of nitrogens with one attached hydrogen (secondary N) is 1. The third-order valence-electron chi connectivity index (χ3n) is 8.72. The quantitative estimate of drug-likeness (QED) is 0.190. The Morgan fingerprint density at radius 1 is 0.978 bits per heavy atom. The monoisotopic (exact) mass is 685 g/mol. The third kappa shape index (κ3) is 6.83. The van der Waals surface area contributed by atoms with Gasteiger partial charge >= 0.3 is 0 Å². The van der Waals surface area contributed by atoms with E-state index in [9.17, 15) is 21.6 Å². The lowest BCUT2D eigenvalue weighted by Crippen LogP contribution is -2.39. The largest absolute Gasteiger partial charge is 0.494 e. The van der Waals surface area contributed by atoms with Gasteiger partial charge in [-0.3, -0.25) is 4.79 Å². The van der Waals surface area contributed by atoms with Gasteiger partial charge in [-0.25, -0.2) is 21.6 Å². The van der Waals surface area contributed by atoms with Gasteiger partial charge in [0.15, 0.2) is 0 Å². The fourth-order valence-electron chi connectivity index (χ4n) is 6.14. The minimum absolute atomic E-state index is 0.0212. The highest BCUT2D eigenvalue weighted by Gasteiger charge is 2.29. The summed E-state index contributed by atoms with van der Waals surface area (Å²) in [5, 5.41) is 1.41. The number of piperidine rings is 1. The molecule has 0 saturated carbocycles. The molecule has 2 heterocycles. The van der Waals surface area contributed by atoms with Crippen molar-refractivity contribution in [2.45, 2.75) is 70.2 Å². The fraction of sp³-hybridized carbons (Fsp3) is 0.382. The molecule has 0 radical (unpaired) electrons. The molecule has 0 spiro atoms. The number of fused-ring (bicyclic) bond motifs is 1. The number of carbonyl (C=O) groups is 1. The summed E-state index contributed by atoms with van der Waals surface area (Å²) in [6, 6.07) is 14.1. The number of aromatic nitrogens is 1. The van der Waals surface area contributed by atoms with E-state index in [1.54, 1.807) is 12.1 Å². The maximum absolute atomic E-state index is 13.4. The van der Waals surface area contributed by atoms with Gasteiger partial charge in [-0.1, -0.05) is 24.6 Å². The van der Waals surface area contributed by atoms with Crippen molar-refractivity contribution in [3.05, 3.63) is 87.6 Å². The second kappa shape index (κ2) is 13.4. The molecule has 1 aliphatic rings. The van der Waals surface area contributed by atoms with Crippen LogP contribution in [0.25, 0.3) is 10.9 Å². The Morgan fingerprint density at radius 3 is 2.28 bits per heavy atom. The molecule has 46 heavy (non-hydrogen) atoms. The topological polar surface area (TPSA) is 115 Å². The highest BCUT2D eigenvalue weighted by Crippen LogP contribution is 2.30. The van der Waals surface area contributed by atoms with Crippen molar-refractivity contribution in [3.8, 4) is 5.75 Å². The molecule has 1 saturated heterocycles. The molecule has 4 aromatic rings. The van der Waals surface area contributed by atoms with Gasteiger partial charge in [-0.05, 0) is 118 Å². The SMILES string of the molecule is Cc1cc(OCCCn2c(C)c(C)c3c(C(=O)NS(=O)(=O)c4ccc(S(=O)(=O)N5CCC[C@H](C)C5)cc4)cccc32)cc(C)c1Cl. The molecular formula is C34H40ClN3O6S2. The van der Waals surface area contributed by atoms with Crippen LogP contribution >= 0.6 is 11.6 Å². The third-order valence-corrected chi connectivity index (χ3v) is 12.5. The number of halogens is 1. The van der Waals surface area contributed by atoms with E-state index in [2.05, 4.69) is 9.29 Å². The van der Waals surface area contributed by atoms with Crippen molar-refractivity contribution in [1.82, 2.24) is 13.6 Å². The molecule has 0 aliphatic carbocycles.